The van der Waals surface area contributed by atoms with Crippen LogP contribution in [-0.4, -0.2) is 18.4 Å². The minimum atomic E-state index is -0.344. The Bertz CT molecular complexity index is 628. The van der Waals surface area contributed by atoms with Crippen molar-refractivity contribution in [1.82, 2.24) is 0 Å². The van der Waals surface area contributed by atoms with Crippen LogP contribution in [0.5, 0.6) is 0 Å². The summed E-state index contributed by atoms with van der Waals surface area (Å²) >= 11 is 0. The first kappa shape index (κ1) is 21.1. The molecule has 3 heteroatoms. The molecule has 0 saturated heterocycles. The van der Waals surface area contributed by atoms with Gasteiger partial charge in [0, 0.05) is 12.5 Å². The minimum absolute atomic E-state index is 0.118. The molecule has 1 rings (SSSR count). The molecule has 0 spiro atoms. The summed E-state index contributed by atoms with van der Waals surface area (Å²) in [4.78, 5) is 23.9. The lowest BCUT2D eigenvalue weighted by molar-refractivity contribution is -0.137. The third-order valence-electron chi connectivity index (χ3n) is 4.80. The van der Waals surface area contributed by atoms with Gasteiger partial charge in [-0.15, -0.1) is 0 Å². The van der Waals surface area contributed by atoms with Crippen LogP contribution in [0.2, 0.25) is 0 Å². The molecule has 0 amide bonds. The van der Waals surface area contributed by atoms with Crippen molar-refractivity contribution < 1.29 is 14.3 Å². The zero-order chi connectivity index (χ0) is 19.0. The summed E-state index contributed by atoms with van der Waals surface area (Å²) in [6, 6.07) is 0. The van der Waals surface area contributed by atoms with E-state index in [1.54, 1.807) is 6.92 Å². The molecule has 1 aliphatic rings. The number of Topliss-reactive ketones (excluding diaryl/α,β-unsaturated/α-hetero) is 1. The highest BCUT2D eigenvalue weighted by atomic mass is 16.5. The number of rotatable bonds is 7. The monoisotopic (exact) mass is 344 g/mol. The molecule has 0 heterocycles. The first-order valence-corrected chi connectivity index (χ1v) is 9.09. The molecule has 25 heavy (non-hydrogen) atoms. The fourth-order valence-electron chi connectivity index (χ4n) is 3.22. The molecule has 1 aliphatic carbocycles. The van der Waals surface area contributed by atoms with Gasteiger partial charge in [-0.3, -0.25) is 4.79 Å². The predicted molar refractivity (Wildman–Crippen MR) is 103 cm³/mol. The summed E-state index contributed by atoms with van der Waals surface area (Å²) in [5.41, 5.74) is 4.33. The molecule has 0 fully saturated rings. The van der Waals surface area contributed by atoms with Crippen LogP contribution in [0.25, 0.3) is 0 Å². The van der Waals surface area contributed by atoms with Crippen LogP contribution in [0, 0.1) is 5.41 Å². The van der Waals surface area contributed by atoms with Crippen LogP contribution in [-0.2, 0) is 14.3 Å². The third-order valence-corrected chi connectivity index (χ3v) is 4.80. The quantitative estimate of drug-likeness (QED) is 0.266. The lowest BCUT2D eigenvalue weighted by Crippen LogP contribution is -2.22. The molecular weight excluding hydrogens is 312 g/mol. The van der Waals surface area contributed by atoms with Crippen molar-refractivity contribution >= 4 is 11.8 Å². The zero-order valence-corrected chi connectivity index (χ0v) is 16.6. The number of ether oxygens (including phenoxy) is 1. The second-order valence-electron chi connectivity index (χ2n) is 7.45. The number of carbonyl (C=O) groups excluding carboxylic acids is 2. The molecule has 0 bridgehead atoms. The highest BCUT2D eigenvalue weighted by Gasteiger charge is 2.29. The maximum absolute atomic E-state index is 12.6. The Morgan fingerprint density at radius 1 is 1.24 bits per heavy atom. The number of esters is 1. The van der Waals surface area contributed by atoms with Gasteiger partial charge >= 0.3 is 5.97 Å². The van der Waals surface area contributed by atoms with Gasteiger partial charge in [0.15, 0.2) is 5.78 Å². The molecule has 0 radical (unpaired) electrons. The van der Waals surface area contributed by atoms with E-state index in [9.17, 15) is 9.59 Å². The van der Waals surface area contributed by atoms with Crippen molar-refractivity contribution in [2.24, 2.45) is 5.41 Å². The Hall–Kier alpha value is -1.90. The summed E-state index contributed by atoms with van der Waals surface area (Å²) in [5.74, 6) is -0.177. The van der Waals surface area contributed by atoms with E-state index in [4.69, 9.17) is 4.74 Å². The summed E-state index contributed by atoms with van der Waals surface area (Å²) < 4.78 is 4.87. The van der Waals surface area contributed by atoms with Gasteiger partial charge in [-0.1, -0.05) is 43.2 Å². The number of carbonyl (C=O) groups is 2. The largest absolute Gasteiger partial charge is 0.463 e. The van der Waals surface area contributed by atoms with E-state index in [1.165, 1.54) is 23.6 Å². The summed E-state index contributed by atoms with van der Waals surface area (Å²) in [6.07, 6.45) is 10.8. The minimum Gasteiger partial charge on any atom is -0.463 e. The molecular formula is C22H32O3. The second kappa shape index (κ2) is 9.55. The molecule has 3 nitrogen and oxygen atoms in total. The molecule has 0 aromatic carbocycles. The smallest absolute Gasteiger partial charge is 0.330 e. The van der Waals surface area contributed by atoms with Gasteiger partial charge in [0.25, 0.3) is 0 Å². The average Bonchev–Trinajstić information content (AvgIpc) is 2.50. The SMILES string of the molecule is CCOC(=O)C=C(C)/C=C/C=C(\C)C(=O)CC1=C(C)CCCC1(C)C. The van der Waals surface area contributed by atoms with E-state index < -0.39 is 0 Å². The molecule has 0 atom stereocenters. The molecule has 0 aromatic heterocycles. The van der Waals surface area contributed by atoms with E-state index in [0.29, 0.717) is 13.0 Å². The Balaban J connectivity index is 2.74. The van der Waals surface area contributed by atoms with Crippen LogP contribution < -0.4 is 0 Å². The van der Waals surface area contributed by atoms with Crippen LogP contribution in [0.15, 0.2) is 46.6 Å². The fourth-order valence-corrected chi connectivity index (χ4v) is 3.22. The van der Waals surface area contributed by atoms with Gasteiger partial charge in [0.05, 0.1) is 6.61 Å². The van der Waals surface area contributed by atoms with Gasteiger partial charge in [-0.2, -0.15) is 0 Å². The highest BCUT2D eigenvalue weighted by Crippen LogP contribution is 2.42. The summed E-state index contributed by atoms with van der Waals surface area (Å²) in [7, 11) is 0. The van der Waals surface area contributed by atoms with Gasteiger partial charge in [-0.25, -0.2) is 4.79 Å². The van der Waals surface area contributed by atoms with Crippen molar-refractivity contribution in [1.29, 1.82) is 0 Å². The fraction of sp³-hybridized carbons (Fsp3) is 0.545. The van der Waals surface area contributed by atoms with Crippen LogP contribution in [0.1, 0.15) is 67.2 Å². The maximum Gasteiger partial charge on any atom is 0.330 e. The van der Waals surface area contributed by atoms with Crippen molar-refractivity contribution in [2.75, 3.05) is 6.61 Å². The Kier molecular flexibility index (Phi) is 8.08. The normalized spacial score (nSPS) is 18.6. The Morgan fingerprint density at radius 3 is 2.52 bits per heavy atom. The lowest BCUT2D eigenvalue weighted by atomic mass is 9.71. The molecule has 0 unspecified atom stereocenters. The Labute approximate surface area is 152 Å². The van der Waals surface area contributed by atoms with Crippen molar-refractivity contribution in [3.8, 4) is 0 Å². The van der Waals surface area contributed by atoms with Crippen molar-refractivity contribution in [3.63, 3.8) is 0 Å². The molecule has 138 valence electrons. The third kappa shape index (κ3) is 6.85. The number of hydrogen-bond acceptors (Lipinski definition) is 3. The lowest BCUT2D eigenvalue weighted by Gasteiger charge is -2.34. The van der Waals surface area contributed by atoms with Gasteiger partial charge < -0.3 is 4.74 Å². The summed E-state index contributed by atoms with van der Waals surface area (Å²) in [5, 5.41) is 0. The van der Waals surface area contributed by atoms with Gasteiger partial charge in [0.1, 0.15) is 0 Å². The van der Waals surface area contributed by atoms with Crippen LogP contribution >= 0.6 is 0 Å². The van der Waals surface area contributed by atoms with E-state index in [1.807, 2.05) is 32.1 Å². The zero-order valence-electron chi connectivity index (χ0n) is 16.6. The molecule has 0 aromatic rings. The van der Waals surface area contributed by atoms with Crippen LogP contribution in [0.3, 0.4) is 0 Å². The first-order chi connectivity index (χ1) is 11.7. The summed E-state index contributed by atoms with van der Waals surface area (Å²) in [6.45, 7) is 12.5. The van der Waals surface area contributed by atoms with E-state index in [2.05, 4.69) is 20.8 Å². The van der Waals surface area contributed by atoms with Gasteiger partial charge in [-0.05, 0) is 63.5 Å². The highest BCUT2D eigenvalue weighted by molar-refractivity contribution is 5.96. The van der Waals surface area contributed by atoms with E-state index in [-0.39, 0.29) is 17.2 Å². The van der Waals surface area contributed by atoms with Gasteiger partial charge in [0.2, 0.25) is 0 Å². The van der Waals surface area contributed by atoms with Crippen LogP contribution in [0.4, 0.5) is 0 Å². The molecule has 0 aliphatic heterocycles. The molecule has 0 N–H and O–H groups in total. The number of hydrogen-bond donors (Lipinski definition) is 0. The standard InChI is InChI=1S/C22H32O3/c1-7-25-21(24)14-16(2)10-8-11-18(4)20(23)15-19-17(3)12-9-13-22(19,5)6/h8,10-11,14H,7,9,12-13,15H2,1-6H3/b10-8+,16-14?,18-11+. The maximum atomic E-state index is 12.6. The van der Waals surface area contributed by atoms with E-state index >= 15 is 0 Å². The topological polar surface area (TPSA) is 43.4 Å². The number of allylic oxidation sites excluding steroid dienone is 7. The first-order valence-electron chi connectivity index (χ1n) is 9.09. The average molecular weight is 344 g/mol. The second-order valence-corrected chi connectivity index (χ2v) is 7.45. The predicted octanol–water partition coefficient (Wildman–Crippen LogP) is 5.48. The van der Waals surface area contributed by atoms with Crippen molar-refractivity contribution in [3.05, 3.63) is 46.6 Å². The Morgan fingerprint density at radius 2 is 1.92 bits per heavy atom. The van der Waals surface area contributed by atoms with Crippen molar-refractivity contribution in [2.45, 2.75) is 67.2 Å². The van der Waals surface area contributed by atoms with E-state index in [0.717, 1.165) is 24.0 Å². The molecule has 0 saturated carbocycles. The number of ketones is 1.